The standard InChI is InChI=1S/C28H32O12/c1-7-15-35-26(33)28(25(32)34-9-3,16-21-13-11-10-12-14-21)36-17-22-27(8-2,40-20(6)31)23(37-18(4)29)24(39-22)38-19(5)30/h2,7,10-15,22-24H,9,16-17H2,1,3-6H3/b15-7+/t22-,23+,24?,27-,28?/m1/s1. The molecule has 40 heavy (non-hydrogen) atoms. The lowest BCUT2D eigenvalue weighted by Gasteiger charge is -2.34. The van der Waals surface area contributed by atoms with Crippen LogP contribution in [0.5, 0.6) is 0 Å². The normalized spacial score (nSPS) is 23.4. The molecule has 1 aromatic carbocycles. The molecule has 0 bridgehead atoms. The van der Waals surface area contributed by atoms with Crippen molar-refractivity contribution in [1.82, 2.24) is 0 Å². The molecule has 0 amide bonds. The highest BCUT2D eigenvalue weighted by molar-refractivity contribution is 6.04. The third-order valence-corrected chi connectivity index (χ3v) is 5.58. The molecule has 1 heterocycles. The molecule has 0 N–H and O–H groups in total. The first-order valence-electron chi connectivity index (χ1n) is 12.3. The van der Waals surface area contributed by atoms with E-state index in [0.717, 1.165) is 27.0 Å². The molecule has 0 spiro atoms. The molecule has 0 saturated carbocycles. The third-order valence-electron chi connectivity index (χ3n) is 5.58. The third kappa shape index (κ3) is 7.46. The van der Waals surface area contributed by atoms with Gasteiger partial charge in [-0.1, -0.05) is 42.3 Å². The molecule has 2 rings (SSSR count). The van der Waals surface area contributed by atoms with Crippen molar-refractivity contribution >= 4 is 29.8 Å². The molecule has 0 aliphatic carbocycles. The van der Waals surface area contributed by atoms with E-state index in [1.165, 1.54) is 6.08 Å². The van der Waals surface area contributed by atoms with Crippen molar-refractivity contribution in [2.45, 2.75) is 70.7 Å². The summed E-state index contributed by atoms with van der Waals surface area (Å²) in [7, 11) is 0. The van der Waals surface area contributed by atoms with Gasteiger partial charge in [-0.3, -0.25) is 14.4 Å². The minimum absolute atomic E-state index is 0.0969. The van der Waals surface area contributed by atoms with E-state index < -0.39 is 66.2 Å². The fraction of sp³-hybridized carbons (Fsp3) is 0.464. The van der Waals surface area contributed by atoms with Gasteiger partial charge in [0.2, 0.25) is 18.0 Å². The fourth-order valence-electron chi connectivity index (χ4n) is 3.99. The zero-order valence-electron chi connectivity index (χ0n) is 22.9. The summed E-state index contributed by atoms with van der Waals surface area (Å²) in [5.74, 6) is -2.48. The number of carbonyl (C=O) groups excluding carboxylic acids is 5. The number of ether oxygens (including phenoxy) is 7. The van der Waals surface area contributed by atoms with Crippen molar-refractivity contribution in [1.29, 1.82) is 0 Å². The van der Waals surface area contributed by atoms with E-state index in [2.05, 4.69) is 5.92 Å². The van der Waals surface area contributed by atoms with Crippen LogP contribution in [0.25, 0.3) is 0 Å². The Hall–Kier alpha value is -4.21. The van der Waals surface area contributed by atoms with Crippen LogP contribution in [0.1, 0.15) is 40.2 Å². The summed E-state index contributed by atoms with van der Waals surface area (Å²) in [6, 6.07) is 8.44. The van der Waals surface area contributed by atoms with Gasteiger partial charge >= 0.3 is 29.8 Å². The minimum Gasteiger partial charge on any atom is -0.463 e. The van der Waals surface area contributed by atoms with Gasteiger partial charge in [0, 0.05) is 27.2 Å². The van der Waals surface area contributed by atoms with Crippen molar-refractivity contribution in [3.63, 3.8) is 0 Å². The van der Waals surface area contributed by atoms with Crippen molar-refractivity contribution in [2.75, 3.05) is 13.2 Å². The number of carbonyl (C=O) groups is 5. The SMILES string of the molecule is C#C[C@@]1(OC(C)=O)[C@@H](COC(Cc2ccccc2)(C(=O)O/C=C/C)C(=O)OCC)OC(OC(C)=O)[C@@H]1OC(C)=O. The summed E-state index contributed by atoms with van der Waals surface area (Å²) < 4.78 is 37.9. The Bertz CT molecular complexity index is 1150. The summed E-state index contributed by atoms with van der Waals surface area (Å²) >= 11 is 0. The van der Waals surface area contributed by atoms with Crippen LogP contribution in [0.15, 0.2) is 42.7 Å². The highest BCUT2D eigenvalue weighted by Crippen LogP contribution is 2.39. The van der Waals surface area contributed by atoms with Crippen LogP contribution < -0.4 is 0 Å². The second-order valence-electron chi connectivity index (χ2n) is 8.56. The summed E-state index contributed by atoms with van der Waals surface area (Å²) in [6.07, 6.45) is 3.20. The predicted molar refractivity (Wildman–Crippen MR) is 136 cm³/mol. The van der Waals surface area contributed by atoms with Crippen LogP contribution in [0.2, 0.25) is 0 Å². The van der Waals surface area contributed by atoms with Crippen LogP contribution >= 0.6 is 0 Å². The van der Waals surface area contributed by atoms with Gasteiger partial charge in [-0.2, -0.15) is 0 Å². The number of hydrogen-bond acceptors (Lipinski definition) is 12. The molecule has 0 radical (unpaired) electrons. The molecule has 1 aliphatic heterocycles. The van der Waals surface area contributed by atoms with E-state index in [1.54, 1.807) is 44.2 Å². The maximum atomic E-state index is 13.4. The number of allylic oxidation sites excluding steroid dienone is 1. The molecule has 5 atom stereocenters. The topological polar surface area (TPSA) is 150 Å². The molecule has 1 saturated heterocycles. The predicted octanol–water partition coefficient (Wildman–Crippen LogP) is 1.78. The summed E-state index contributed by atoms with van der Waals surface area (Å²) in [6.45, 7) is 5.52. The first-order valence-corrected chi connectivity index (χ1v) is 12.3. The summed E-state index contributed by atoms with van der Waals surface area (Å²) in [5, 5.41) is 0. The zero-order chi connectivity index (χ0) is 29.9. The average molecular weight is 561 g/mol. The summed E-state index contributed by atoms with van der Waals surface area (Å²) in [4.78, 5) is 62.5. The van der Waals surface area contributed by atoms with E-state index in [4.69, 9.17) is 39.6 Å². The van der Waals surface area contributed by atoms with Gasteiger partial charge < -0.3 is 33.2 Å². The van der Waals surface area contributed by atoms with Gasteiger partial charge in [0.05, 0.1) is 19.5 Å². The van der Waals surface area contributed by atoms with E-state index in [1.807, 2.05) is 0 Å². The Morgan fingerprint density at radius 2 is 1.68 bits per heavy atom. The molecule has 1 aromatic rings. The second kappa shape index (κ2) is 14.3. The summed E-state index contributed by atoms with van der Waals surface area (Å²) in [5.41, 5.74) is -4.05. The first-order chi connectivity index (χ1) is 18.9. The van der Waals surface area contributed by atoms with Crippen LogP contribution in [0.4, 0.5) is 0 Å². The number of terminal acetylenes is 1. The van der Waals surface area contributed by atoms with Crippen molar-refractivity contribution in [3.8, 4) is 12.3 Å². The number of esters is 5. The van der Waals surface area contributed by atoms with Crippen molar-refractivity contribution < 1.29 is 57.1 Å². The number of benzene rings is 1. The Kier molecular flexibility index (Phi) is 11.4. The van der Waals surface area contributed by atoms with E-state index >= 15 is 0 Å². The maximum absolute atomic E-state index is 13.4. The van der Waals surface area contributed by atoms with Gasteiger partial charge in [0.1, 0.15) is 6.10 Å². The maximum Gasteiger partial charge on any atom is 0.355 e. The van der Waals surface area contributed by atoms with E-state index in [9.17, 15) is 24.0 Å². The van der Waals surface area contributed by atoms with Gasteiger partial charge in [-0.05, 0) is 19.4 Å². The molecule has 12 nitrogen and oxygen atoms in total. The van der Waals surface area contributed by atoms with Gasteiger partial charge in [-0.25, -0.2) is 9.59 Å². The Morgan fingerprint density at radius 3 is 2.20 bits per heavy atom. The van der Waals surface area contributed by atoms with Crippen LogP contribution in [-0.4, -0.2) is 72.8 Å². The fourth-order valence-corrected chi connectivity index (χ4v) is 3.99. The molecule has 1 aliphatic rings. The highest BCUT2D eigenvalue weighted by atomic mass is 16.8. The zero-order valence-corrected chi connectivity index (χ0v) is 22.9. The Labute approximate surface area is 231 Å². The van der Waals surface area contributed by atoms with Gasteiger partial charge in [0.15, 0.2) is 0 Å². The van der Waals surface area contributed by atoms with Crippen LogP contribution in [0, 0.1) is 12.3 Å². The van der Waals surface area contributed by atoms with Gasteiger partial charge in [-0.15, -0.1) is 6.42 Å². The molecule has 12 heteroatoms. The number of hydrogen-bond donors (Lipinski definition) is 0. The lowest BCUT2D eigenvalue weighted by molar-refractivity contribution is -0.205. The van der Waals surface area contributed by atoms with E-state index in [-0.39, 0.29) is 13.0 Å². The van der Waals surface area contributed by atoms with Crippen molar-refractivity contribution in [2.24, 2.45) is 0 Å². The van der Waals surface area contributed by atoms with Gasteiger partial charge in [0.25, 0.3) is 5.60 Å². The largest absolute Gasteiger partial charge is 0.463 e. The molecule has 2 unspecified atom stereocenters. The lowest BCUT2D eigenvalue weighted by atomic mass is 9.91. The molecular formula is C28H32O12. The molecular weight excluding hydrogens is 528 g/mol. The van der Waals surface area contributed by atoms with E-state index in [0.29, 0.717) is 5.56 Å². The van der Waals surface area contributed by atoms with Crippen molar-refractivity contribution in [3.05, 3.63) is 48.2 Å². The quantitative estimate of drug-likeness (QED) is 0.121. The Balaban J connectivity index is 2.61. The molecule has 216 valence electrons. The molecule has 0 aromatic heterocycles. The Morgan fingerprint density at radius 1 is 1.02 bits per heavy atom. The monoisotopic (exact) mass is 560 g/mol. The molecule has 1 fully saturated rings. The minimum atomic E-state index is -2.38. The number of rotatable bonds is 12. The average Bonchev–Trinajstić information content (AvgIpc) is 3.16. The first kappa shape index (κ1) is 32.0. The lowest BCUT2D eigenvalue weighted by Crippen LogP contribution is -2.57. The highest BCUT2D eigenvalue weighted by Gasteiger charge is 2.64. The smallest absolute Gasteiger partial charge is 0.355 e. The second-order valence-corrected chi connectivity index (χ2v) is 8.56. The van der Waals surface area contributed by atoms with Crippen LogP contribution in [0.3, 0.4) is 0 Å². The van der Waals surface area contributed by atoms with Crippen LogP contribution in [-0.2, 0) is 63.6 Å².